The van der Waals surface area contributed by atoms with Crippen LogP contribution in [0.2, 0.25) is 0 Å². The highest BCUT2D eigenvalue weighted by atomic mass is 19.4. The van der Waals surface area contributed by atoms with Crippen molar-refractivity contribution in [2.75, 3.05) is 32.7 Å². The Morgan fingerprint density at radius 3 is 2.65 bits per heavy atom. The molecule has 1 aliphatic heterocycles. The van der Waals surface area contributed by atoms with Gasteiger partial charge >= 0.3 is 6.18 Å². The fraction of sp³-hybridized carbons (Fsp3) is 0.900. The van der Waals surface area contributed by atoms with Gasteiger partial charge in [-0.1, -0.05) is 6.92 Å². The zero-order chi connectivity index (χ0) is 13.1. The van der Waals surface area contributed by atoms with Gasteiger partial charge in [-0.2, -0.15) is 13.2 Å². The molecule has 7 heteroatoms. The Balaban J connectivity index is 2.29. The molecule has 1 aliphatic rings. The van der Waals surface area contributed by atoms with Gasteiger partial charge in [-0.25, -0.2) is 0 Å². The third-order valence-electron chi connectivity index (χ3n) is 2.98. The summed E-state index contributed by atoms with van der Waals surface area (Å²) < 4.78 is 35.6. The smallest absolute Gasteiger partial charge is 0.346 e. The molecule has 1 heterocycles. The maximum absolute atomic E-state index is 11.9. The molecule has 100 valence electrons. The highest BCUT2D eigenvalue weighted by Gasteiger charge is 2.33. The third kappa shape index (κ3) is 4.91. The zero-order valence-corrected chi connectivity index (χ0v) is 9.81. The highest BCUT2D eigenvalue weighted by molar-refractivity contribution is 5.78. The number of carbonyl (C=O) groups excluding carboxylic acids is 1. The average molecular weight is 253 g/mol. The Labute approximate surface area is 98.3 Å². The molecule has 1 unspecified atom stereocenters. The minimum absolute atomic E-state index is 0.00562. The summed E-state index contributed by atoms with van der Waals surface area (Å²) in [4.78, 5) is 13.1. The van der Waals surface area contributed by atoms with Crippen molar-refractivity contribution in [3.63, 3.8) is 0 Å². The second-order valence-electron chi connectivity index (χ2n) is 4.87. The highest BCUT2D eigenvalue weighted by Crippen LogP contribution is 2.27. The van der Waals surface area contributed by atoms with E-state index >= 15 is 0 Å². The molecule has 1 amide bonds. The van der Waals surface area contributed by atoms with Gasteiger partial charge in [0.05, 0.1) is 6.54 Å². The number of carbonyl (C=O) groups is 1. The lowest BCUT2D eigenvalue weighted by molar-refractivity contribution is -0.138. The second kappa shape index (κ2) is 5.22. The first-order valence-corrected chi connectivity index (χ1v) is 5.50. The van der Waals surface area contributed by atoms with Gasteiger partial charge in [0.15, 0.2) is 0 Å². The van der Waals surface area contributed by atoms with Crippen LogP contribution in [0, 0.1) is 5.41 Å². The van der Waals surface area contributed by atoms with Gasteiger partial charge in [-0.05, 0) is 24.9 Å². The van der Waals surface area contributed by atoms with Gasteiger partial charge in [0.25, 0.3) is 0 Å². The normalized spacial score (nSPS) is 26.2. The lowest BCUT2D eigenvalue weighted by Gasteiger charge is -2.22. The Morgan fingerprint density at radius 1 is 1.53 bits per heavy atom. The maximum Gasteiger partial charge on any atom is 0.405 e. The summed E-state index contributed by atoms with van der Waals surface area (Å²) in [6, 6.07) is 0. The van der Waals surface area contributed by atoms with Crippen LogP contribution in [0.5, 0.6) is 0 Å². The molecule has 0 bridgehead atoms. The SMILES string of the molecule is CC1(CN)CCN(CC(=O)NCC(F)(F)F)C1. The molecule has 1 saturated heterocycles. The van der Waals surface area contributed by atoms with E-state index in [2.05, 4.69) is 0 Å². The number of nitrogens with two attached hydrogens (primary N) is 1. The molecule has 1 fully saturated rings. The largest absolute Gasteiger partial charge is 0.405 e. The van der Waals surface area contributed by atoms with Crippen LogP contribution in [0.25, 0.3) is 0 Å². The number of nitrogens with zero attached hydrogens (tertiary/aromatic N) is 1. The maximum atomic E-state index is 11.9. The number of halogens is 3. The van der Waals surface area contributed by atoms with E-state index in [1.807, 2.05) is 17.1 Å². The summed E-state index contributed by atoms with van der Waals surface area (Å²) in [7, 11) is 0. The predicted octanol–water partition coefficient (Wildman–Crippen LogP) is 0.336. The zero-order valence-electron chi connectivity index (χ0n) is 9.81. The van der Waals surface area contributed by atoms with Gasteiger partial charge in [-0.3, -0.25) is 9.69 Å². The first kappa shape index (κ1) is 14.2. The van der Waals surface area contributed by atoms with Crippen LogP contribution in [-0.4, -0.2) is 49.7 Å². The molecule has 0 spiro atoms. The topological polar surface area (TPSA) is 58.4 Å². The molecular weight excluding hydrogens is 235 g/mol. The van der Waals surface area contributed by atoms with Gasteiger partial charge in [0.1, 0.15) is 6.54 Å². The number of alkyl halides is 3. The van der Waals surface area contributed by atoms with Crippen LogP contribution >= 0.6 is 0 Å². The Kier molecular flexibility index (Phi) is 4.37. The molecule has 0 saturated carbocycles. The first-order chi connectivity index (χ1) is 7.74. The molecule has 4 nitrogen and oxygen atoms in total. The van der Waals surface area contributed by atoms with Crippen molar-refractivity contribution in [1.29, 1.82) is 0 Å². The summed E-state index contributed by atoms with van der Waals surface area (Å²) in [5, 5.41) is 1.86. The van der Waals surface area contributed by atoms with E-state index in [4.69, 9.17) is 5.73 Å². The molecule has 0 aromatic rings. The first-order valence-electron chi connectivity index (χ1n) is 5.50. The van der Waals surface area contributed by atoms with Crippen LogP contribution in [0.3, 0.4) is 0 Å². The minimum atomic E-state index is -4.35. The van der Waals surface area contributed by atoms with E-state index < -0.39 is 18.6 Å². The summed E-state index contributed by atoms with van der Waals surface area (Å²) in [6.45, 7) is 2.63. The summed E-state index contributed by atoms with van der Waals surface area (Å²) in [5.74, 6) is -0.594. The van der Waals surface area contributed by atoms with Crippen LogP contribution in [0.15, 0.2) is 0 Å². The van der Waals surface area contributed by atoms with Crippen molar-refractivity contribution in [2.24, 2.45) is 11.1 Å². The number of hydrogen-bond donors (Lipinski definition) is 2. The second-order valence-corrected chi connectivity index (χ2v) is 4.87. The molecule has 0 aliphatic carbocycles. The van der Waals surface area contributed by atoms with Crippen LogP contribution < -0.4 is 11.1 Å². The van der Waals surface area contributed by atoms with Crippen LogP contribution in [-0.2, 0) is 4.79 Å². The number of rotatable bonds is 4. The summed E-state index contributed by atoms with van der Waals surface area (Å²) >= 11 is 0. The minimum Gasteiger partial charge on any atom is -0.346 e. The van der Waals surface area contributed by atoms with E-state index in [-0.39, 0.29) is 12.0 Å². The Bertz CT molecular complexity index is 282. The molecule has 1 atom stereocenters. The summed E-state index contributed by atoms with van der Waals surface area (Å²) in [6.07, 6.45) is -3.48. The van der Waals surface area contributed by atoms with Crippen LogP contribution in [0.4, 0.5) is 13.2 Å². The quantitative estimate of drug-likeness (QED) is 0.759. The van der Waals surface area contributed by atoms with E-state index in [0.29, 0.717) is 19.6 Å². The van der Waals surface area contributed by atoms with Gasteiger partial charge in [0.2, 0.25) is 5.91 Å². The molecule has 0 aromatic heterocycles. The molecule has 17 heavy (non-hydrogen) atoms. The summed E-state index contributed by atoms with van der Waals surface area (Å²) in [5.41, 5.74) is 5.58. The van der Waals surface area contributed by atoms with Crippen molar-refractivity contribution in [2.45, 2.75) is 19.5 Å². The molecule has 0 radical (unpaired) electrons. The number of hydrogen-bond acceptors (Lipinski definition) is 3. The molecule has 1 rings (SSSR count). The lowest BCUT2D eigenvalue weighted by Crippen LogP contribution is -2.41. The monoisotopic (exact) mass is 253 g/mol. The van der Waals surface area contributed by atoms with Crippen molar-refractivity contribution in [3.8, 4) is 0 Å². The van der Waals surface area contributed by atoms with E-state index in [1.165, 1.54) is 0 Å². The standard InChI is InChI=1S/C10H18F3N3O/c1-9(5-14)2-3-16(7-9)4-8(17)15-6-10(11,12)13/h2-7,14H2,1H3,(H,15,17). The fourth-order valence-corrected chi connectivity index (χ4v) is 1.89. The van der Waals surface area contributed by atoms with Crippen molar-refractivity contribution in [1.82, 2.24) is 10.2 Å². The molecular formula is C10H18F3N3O. The molecule has 0 aromatic carbocycles. The van der Waals surface area contributed by atoms with E-state index in [1.54, 1.807) is 0 Å². The molecule has 3 N–H and O–H groups in total. The lowest BCUT2D eigenvalue weighted by atomic mass is 9.90. The van der Waals surface area contributed by atoms with Gasteiger partial charge in [0, 0.05) is 6.54 Å². The predicted molar refractivity (Wildman–Crippen MR) is 57.3 cm³/mol. The number of nitrogens with one attached hydrogen (secondary N) is 1. The Morgan fingerprint density at radius 2 is 2.18 bits per heavy atom. The Hall–Kier alpha value is -0.820. The average Bonchev–Trinajstić information content (AvgIpc) is 2.57. The third-order valence-corrected chi connectivity index (χ3v) is 2.98. The number of amides is 1. The van der Waals surface area contributed by atoms with Gasteiger partial charge < -0.3 is 11.1 Å². The van der Waals surface area contributed by atoms with E-state index in [9.17, 15) is 18.0 Å². The van der Waals surface area contributed by atoms with Crippen molar-refractivity contribution >= 4 is 5.91 Å². The van der Waals surface area contributed by atoms with Gasteiger partial charge in [-0.15, -0.1) is 0 Å². The van der Waals surface area contributed by atoms with Crippen molar-refractivity contribution < 1.29 is 18.0 Å². The number of likely N-dealkylation sites (tertiary alicyclic amines) is 1. The van der Waals surface area contributed by atoms with Crippen molar-refractivity contribution in [3.05, 3.63) is 0 Å². The van der Waals surface area contributed by atoms with E-state index in [0.717, 1.165) is 6.42 Å². The fourth-order valence-electron chi connectivity index (χ4n) is 1.89. The van der Waals surface area contributed by atoms with Crippen LogP contribution in [0.1, 0.15) is 13.3 Å².